The molecular formula is C15H16ClN3O3S. The molecule has 0 radical (unpaired) electrons. The van der Waals surface area contributed by atoms with Gasteiger partial charge < -0.3 is 4.74 Å². The van der Waals surface area contributed by atoms with Crippen LogP contribution in [-0.4, -0.2) is 31.8 Å². The summed E-state index contributed by atoms with van der Waals surface area (Å²) < 4.78 is 32.6. The number of benzene rings is 1. The summed E-state index contributed by atoms with van der Waals surface area (Å²) in [6, 6.07) is 8.22. The molecule has 1 fully saturated rings. The first-order valence-electron chi connectivity index (χ1n) is 7.07. The average Bonchev–Trinajstić information content (AvgIpc) is 3.25. The highest BCUT2D eigenvalue weighted by Crippen LogP contribution is 2.48. The monoisotopic (exact) mass is 353 g/mol. The number of rotatable bonds is 5. The van der Waals surface area contributed by atoms with E-state index < -0.39 is 10.0 Å². The van der Waals surface area contributed by atoms with Gasteiger partial charge in [0.1, 0.15) is 5.75 Å². The molecule has 1 N–H and O–H groups in total. The Labute approximate surface area is 139 Å². The minimum absolute atomic E-state index is 0.00756. The topological polar surface area (TPSA) is 81.2 Å². The second kappa shape index (κ2) is 6.07. The molecule has 2 atom stereocenters. The van der Waals surface area contributed by atoms with Crippen LogP contribution in [0.15, 0.2) is 35.4 Å². The third-order valence-electron chi connectivity index (χ3n) is 3.75. The number of sulfonamides is 1. The molecule has 1 aromatic carbocycles. The maximum absolute atomic E-state index is 12.3. The number of aryl methyl sites for hydroxylation is 1. The van der Waals surface area contributed by atoms with Crippen molar-refractivity contribution in [3.63, 3.8) is 0 Å². The first kappa shape index (κ1) is 16.2. The molecule has 0 bridgehead atoms. The molecule has 1 aliphatic carbocycles. The molecule has 122 valence electrons. The van der Waals surface area contributed by atoms with Gasteiger partial charge in [-0.15, -0.1) is 5.10 Å². The minimum Gasteiger partial charge on any atom is -0.496 e. The van der Waals surface area contributed by atoms with Gasteiger partial charge in [-0.2, -0.15) is 5.10 Å². The maximum atomic E-state index is 12.3. The van der Waals surface area contributed by atoms with Crippen molar-refractivity contribution in [2.45, 2.75) is 30.3 Å². The molecule has 0 unspecified atom stereocenters. The van der Waals surface area contributed by atoms with Crippen molar-refractivity contribution in [2.24, 2.45) is 0 Å². The zero-order valence-corrected chi connectivity index (χ0v) is 14.2. The Bertz CT molecular complexity index is 824. The van der Waals surface area contributed by atoms with Gasteiger partial charge in [0.25, 0.3) is 10.0 Å². The van der Waals surface area contributed by atoms with Gasteiger partial charge in [-0.25, -0.2) is 13.1 Å². The van der Waals surface area contributed by atoms with E-state index in [1.165, 1.54) is 6.07 Å². The summed E-state index contributed by atoms with van der Waals surface area (Å²) in [5.74, 6) is 0.658. The molecule has 0 amide bonds. The molecule has 1 saturated carbocycles. The molecule has 1 heterocycles. The van der Waals surface area contributed by atoms with E-state index in [-0.39, 0.29) is 17.0 Å². The highest BCUT2D eigenvalue weighted by atomic mass is 35.5. The van der Waals surface area contributed by atoms with Crippen LogP contribution in [0.5, 0.6) is 5.75 Å². The van der Waals surface area contributed by atoms with Gasteiger partial charge in [-0.1, -0.05) is 17.7 Å². The number of halogens is 1. The Morgan fingerprint density at radius 1 is 1.26 bits per heavy atom. The van der Waals surface area contributed by atoms with Crippen molar-refractivity contribution < 1.29 is 13.2 Å². The Balaban J connectivity index is 1.78. The van der Waals surface area contributed by atoms with Crippen LogP contribution in [-0.2, 0) is 10.0 Å². The first-order chi connectivity index (χ1) is 10.9. The number of ether oxygens (including phenoxy) is 1. The summed E-state index contributed by atoms with van der Waals surface area (Å²) in [5, 5.41) is 8.00. The van der Waals surface area contributed by atoms with Gasteiger partial charge >= 0.3 is 0 Å². The Morgan fingerprint density at radius 2 is 2.04 bits per heavy atom. The molecule has 0 saturated heterocycles. The summed E-state index contributed by atoms with van der Waals surface area (Å²) in [4.78, 5) is 0. The number of nitrogens with zero attached hydrogens (tertiary/aromatic N) is 2. The van der Waals surface area contributed by atoms with Crippen LogP contribution in [0.2, 0.25) is 5.02 Å². The van der Waals surface area contributed by atoms with Crippen LogP contribution in [0, 0.1) is 6.92 Å². The standard InChI is InChI=1S/C15H16ClN3O3S/c1-9-6-7-14(18-17-9)23(20,21)19-12-8-10(12)15-11(16)4-3-5-13(15)22-2/h3-7,10,12,19H,8H2,1-2H3/t10-,12-/m1/s1. The maximum Gasteiger partial charge on any atom is 0.260 e. The van der Waals surface area contributed by atoms with E-state index in [1.807, 2.05) is 6.07 Å². The van der Waals surface area contributed by atoms with E-state index in [0.29, 0.717) is 22.9 Å². The van der Waals surface area contributed by atoms with Gasteiger partial charge in [0.15, 0.2) is 5.03 Å². The zero-order chi connectivity index (χ0) is 16.6. The minimum atomic E-state index is -3.69. The van der Waals surface area contributed by atoms with Crippen molar-refractivity contribution in [2.75, 3.05) is 7.11 Å². The van der Waals surface area contributed by atoms with Crippen LogP contribution < -0.4 is 9.46 Å². The Morgan fingerprint density at radius 3 is 2.70 bits per heavy atom. The van der Waals surface area contributed by atoms with Gasteiger partial charge in [0.05, 0.1) is 12.8 Å². The number of hydrogen-bond donors (Lipinski definition) is 1. The van der Waals surface area contributed by atoms with Crippen molar-refractivity contribution >= 4 is 21.6 Å². The van der Waals surface area contributed by atoms with E-state index in [0.717, 1.165) is 5.56 Å². The lowest BCUT2D eigenvalue weighted by Crippen LogP contribution is -2.28. The molecule has 8 heteroatoms. The van der Waals surface area contributed by atoms with Crippen LogP contribution in [0.3, 0.4) is 0 Å². The van der Waals surface area contributed by atoms with Crippen LogP contribution >= 0.6 is 11.6 Å². The third kappa shape index (κ3) is 3.31. The van der Waals surface area contributed by atoms with Crippen molar-refractivity contribution in [3.05, 3.63) is 46.6 Å². The molecule has 0 spiro atoms. The van der Waals surface area contributed by atoms with E-state index >= 15 is 0 Å². The smallest absolute Gasteiger partial charge is 0.260 e. The lowest BCUT2D eigenvalue weighted by atomic mass is 10.1. The lowest BCUT2D eigenvalue weighted by molar-refractivity contribution is 0.409. The fraction of sp³-hybridized carbons (Fsp3) is 0.333. The van der Waals surface area contributed by atoms with Crippen molar-refractivity contribution in [1.29, 1.82) is 0 Å². The molecule has 2 aromatic rings. The molecule has 23 heavy (non-hydrogen) atoms. The summed E-state index contributed by atoms with van der Waals surface area (Å²) in [7, 11) is -2.13. The largest absolute Gasteiger partial charge is 0.496 e. The summed E-state index contributed by atoms with van der Waals surface area (Å²) >= 11 is 6.23. The normalized spacial score (nSPS) is 20.3. The quantitative estimate of drug-likeness (QED) is 0.891. The highest BCUT2D eigenvalue weighted by Gasteiger charge is 2.44. The van der Waals surface area contributed by atoms with Crippen LogP contribution in [0.4, 0.5) is 0 Å². The second-order valence-corrected chi connectivity index (χ2v) is 7.51. The van der Waals surface area contributed by atoms with E-state index in [9.17, 15) is 8.42 Å². The van der Waals surface area contributed by atoms with Gasteiger partial charge in [0.2, 0.25) is 0 Å². The molecule has 1 aliphatic rings. The predicted octanol–water partition coefficient (Wildman–Crippen LogP) is 2.28. The molecule has 0 aliphatic heterocycles. The SMILES string of the molecule is COc1cccc(Cl)c1[C@@H]1C[C@H]1NS(=O)(=O)c1ccc(C)nn1. The number of methoxy groups -OCH3 is 1. The zero-order valence-electron chi connectivity index (χ0n) is 12.7. The summed E-state index contributed by atoms with van der Waals surface area (Å²) in [6.07, 6.45) is 0.665. The summed E-state index contributed by atoms with van der Waals surface area (Å²) in [5.41, 5.74) is 1.49. The van der Waals surface area contributed by atoms with Gasteiger partial charge in [-0.05, 0) is 37.6 Å². The Kier molecular flexibility index (Phi) is 4.27. The molecule has 1 aromatic heterocycles. The summed E-state index contributed by atoms with van der Waals surface area (Å²) in [6.45, 7) is 1.75. The van der Waals surface area contributed by atoms with Gasteiger partial charge in [-0.3, -0.25) is 0 Å². The third-order valence-corrected chi connectivity index (χ3v) is 5.46. The van der Waals surface area contributed by atoms with Crippen molar-refractivity contribution in [3.8, 4) is 5.75 Å². The van der Waals surface area contributed by atoms with Crippen LogP contribution in [0.25, 0.3) is 0 Å². The van der Waals surface area contributed by atoms with Crippen LogP contribution in [0.1, 0.15) is 23.6 Å². The lowest BCUT2D eigenvalue weighted by Gasteiger charge is -2.10. The molecular weight excluding hydrogens is 338 g/mol. The van der Waals surface area contributed by atoms with E-state index in [1.54, 1.807) is 32.2 Å². The molecule has 3 rings (SSSR count). The average molecular weight is 354 g/mol. The first-order valence-corrected chi connectivity index (χ1v) is 8.93. The van der Waals surface area contributed by atoms with Crippen molar-refractivity contribution in [1.82, 2.24) is 14.9 Å². The fourth-order valence-corrected chi connectivity index (χ4v) is 3.97. The predicted molar refractivity (Wildman–Crippen MR) is 86.2 cm³/mol. The number of hydrogen-bond acceptors (Lipinski definition) is 5. The van der Waals surface area contributed by atoms with Gasteiger partial charge in [0, 0.05) is 22.5 Å². The highest BCUT2D eigenvalue weighted by molar-refractivity contribution is 7.89. The van der Waals surface area contributed by atoms with E-state index in [2.05, 4.69) is 14.9 Å². The fourth-order valence-electron chi connectivity index (χ4n) is 2.49. The number of aromatic nitrogens is 2. The number of nitrogens with one attached hydrogen (secondary N) is 1. The van der Waals surface area contributed by atoms with E-state index in [4.69, 9.17) is 16.3 Å². The Hall–Kier alpha value is -1.70. The molecule has 6 nitrogen and oxygen atoms in total. The second-order valence-electron chi connectivity index (χ2n) is 5.44.